The quantitative estimate of drug-likeness (QED) is 0.659. The second-order valence-electron chi connectivity index (χ2n) is 7.07. The first kappa shape index (κ1) is 19.1. The molecule has 0 spiro atoms. The summed E-state index contributed by atoms with van der Waals surface area (Å²) in [4.78, 5) is 1.65. The lowest BCUT2D eigenvalue weighted by Gasteiger charge is -2.28. The number of alkyl halides is 2. The van der Waals surface area contributed by atoms with Gasteiger partial charge in [0.1, 0.15) is 0 Å². The highest BCUT2D eigenvalue weighted by molar-refractivity contribution is 6.33. The summed E-state index contributed by atoms with van der Waals surface area (Å²) < 4.78 is 27.0. The van der Waals surface area contributed by atoms with E-state index in [-0.39, 0.29) is 6.54 Å². The third-order valence-electron chi connectivity index (χ3n) is 4.72. The number of hydrogen-bond donors (Lipinski definition) is 1. The number of anilines is 1. The molecule has 2 aromatic rings. The smallest absolute Gasteiger partial charge is 0.262 e. The molecule has 0 aromatic heterocycles. The van der Waals surface area contributed by atoms with Gasteiger partial charge in [-0.05, 0) is 30.7 Å². The molecule has 2 aromatic carbocycles. The van der Waals surface area contributed by atoms with Gasteiger partial charge in [0.25, 0.3) is 5.92 Å². The van der Waals surface area contributed by atoms with E-state index in [1.54, 1.807) is 11.1 Å². The van der Waals surface area contributed by atoms with Crippen molar-refractivity contribution in [2.75, 3.05) is 18.1 Å². The second-order valence-corrected chi connectivity index (χ2v) is 7.91. The van der Waals surface area contributed by atoms with Crippen LogP contribution in [0.4, 0.5) is 14.5 Å². The Morgan fingerprint density at radius 1 is 1.07 bits per heavy atom. The summed E-state index contributed by atoms with van der Waals surface area (Å²) >= 11 is 12.5. The first-order valence-corrected chi connectivity index (χ1v) is 9.72. The van der Waals surface area contributed by atoms with Gasteiger partial charge < -0.3 is 4.90 Å². The molecule has 0 saturated carbocycles. The third-order valence-corrected chi connectivity index (χ3v) is 5.29. The molecular weight excluding hydrogens is 403 g/mol. The van der Waals surface area contributed by atoms with Crippen molar-refractivity contribution in [2.45, 2.75) is 19.3 Å². The highest BCUT2D eigenvalue weighted by Crippen LogP contribution is 2.41. The Hall–Kier alpha value is -2.24. The Bertz CT molecular complexity index is 949. The second kappa shape index (κ2) is 7.30. The van der Waals surface area contributed by atoms with E-state index in [0.29, 0.717) is 23.0 Å². The van der Waals surface area contributed by atoms with E-state index in [4.69, 9.17) is 23.2 Å². The zero-order valence-electron chi connectivity index (χ0n) is 15.2. The van der Waals surface area contributed by atoms with Gasteiger partial charge in [0.15, 0.2) is 0 Å². The van der Waals surface area contributed by atoms with Crippen LogP contribution in [0.25, 0.3) is 5.70 Å². The molecule has 0 amide bonds. The van der Waals surface area contributed by atoms with Gasteiger partial charge in [0.2, 0.25) is 0 Å². The van der Waals surface area contributed by atoms with Crippen molar-refractivity contribution >= 4 is 34.6 Å². The van der Waals surface area contributed by atoms with Crippen molar-refractivity contribution in [3.8, 4) is 0 Å². The van der Waals surface area contributed by atoms with E-state index < -0.39 is 5.92 Å². The summed E-state index contributed by atoms with van der Waals surface area (Å²) in [5.74, 6) is -2.75. The van der Waals surface area contributed by atoms with E-state index in [9.17, 15) is 8.78 Å². The molecule has 146 valence electrons. The van der Waals surface area contributed by atoms with Gasteiger partial charge in [-0.15, -0.1) is 0 Å². The molecule has 7 heteroatoms. The fourth-order valence-corrected chi connectivity index (χ4v) is 3.92. The molecular formula is C21H19Cl2F2N3. The number of nitrogens with one attached hydrogen (secondary N) is 1. The normalized spacial score (nSPS) is 16.8. The van der Waals surface area contributed by atoms with Gasteiger partial charge in [-0.3, -0.25) is 10.4 Å². The Labute approximate surface area is 172 Å². The number of hydrazine groups is 1. The molecule has 0 aliphatic carbocycles. The number of allylic oxidation sites excluding steroid dienone is 1. The molecule has 0 radical (unpaired) electrons. The number of nitrogens with zero attached hydrogens (tertiary/aromatic N) is 2. The molecule has 2 aliphatic heterocycles. The SMILES string of the molecule is CC(F)(F)CN1C=C2NN(c3ccccc3Cl)C(c3ccc(Cl)cc3)=C2CC1. The molecule has 2 aliphatic rings. The van der Waals surface area contributed by atoms with Crippen LogP contribution in [0.3, 0.4) is 0 Å². The van der Waals surface area contributed by atoms with E-state index >= 15 is 0 Å². The number of halogens is 4. The Morgan fingerprint density at radius 2 is 1.79 bits per heavy atom. The molecule has 0 unspecified atom stereocenters. The average Bonchev–Trinajstić information content (AvgIpc) is 3.00. The zero-order valence-corrected chi connectivity index (χ0v) is 16.7. The van der Waals surface area contributed by atoms with Crippen LogP contribution in [-0.4, -0.2) is 23.9 Å². The van der Waals surface area contributed by atoms with Crippen molar-refractivity contribution in [3.63, 3.8) is 0 Å². The van der Waals surface area contributed by atoms with Crippen LogP contribution >= 0.6 is 23.2 Å². The molecule has 0 atom stereocenters. The first-order valence-electron chi connectivity index (χ1n) is 8.96. The number of benzene rings is 2. The first-order chi connectivity index (χ1) is 13.3. The van der Waals surface area contributed by atoms with E-state index in [1.165, 1.54) is 0 Å². The summed E-state index contributed by atoms with van der Waals surface area (Å²) in [5, 5.41) is 3.17. The topological polar surface area (TPSA) is 18.5 Å². The Morgan fingerprint density at radius 3 is 2.46 bits per heavy atom. The van der Waals surface area contributed by atoms with Gasteiger partial charge in [-0.1, -0.05) is 47.5 Å². The lowest BCUT2D eigenvalue weighted by Crippen LogP contribution is -2.36. The summed E-state index contributed by atoms with van der Waals surface area (Å²) in [7, 11) is 0. The predicted molar refractivity (Wildman–Crippen MR) is 110 cm³/mol. The van der Waals surface area contributed by atoms with Crippen LogP contribution in [0.15, 0.2) is 66.0 Å². The van der Waals surface area contributed by atoms with Gasteiger partial charge >= 0.3 is 0 Å². The number of rotatable bonds is 4. The maximum absolute atomic E-state index is 13.5. The van der Waals surface area contributed by atoms with Crippen LogP contribution in [0.5, 0.6) is 0 Å². The number of fused-ring (bicyclic) bond motifs is 1. The standard InChI is InChI=1S/C21H19Cl2F2N3/c1-21(24,25)13-27-11-10-16-18(12-27)26-28(19-5-3-2-4-17(19)23)20(16)14-6-8-15(22)9-7-14/h2-9,12,26H,10-11,13H2,1H3. The Kier molecular flexibility index (Phi) is 4.98. The summed E-state index contributed by atoms with van der Waals surface area (Å²) in [6.45, 7) is 1.15. The molecule has 2 heterocycles. The highest BCUT2D eigenvalue weighted by atomic mass is 35.5. The summed E-state index contributed by atoms with van der Waals surface area (Å²) in [5.41, 5.74) is 7.95. The van der Waals surface area contributed by atoms with Crippen LogP contribution in [-0.2, 0) is 0 Å². The highest BCUT2D eigenvalue weighted by Gasteiger charge is 2.34. The van der Waals surface area contributed by atoms with E-state index in [2.05, 4.69) is 5.43 Å². The Balaban J connectivity index is 1.79. The minimum atomic E-state index is -2.75. The fourth-order valence-electron chi connectivity index (χ4n) is 3.57. The number of para-hydroxylation sites is 1. The van der Waals surface area contributed by atoms with Crippen LogP contribution < -0.4 is 10.4 Å². The van der Waals surface area contributed by atoms with Crippen molar-refractivity contribution in [1.29, 1.82) is 0 Å². The van der Waals surface area contributed by atoms with Gasteiger partial charge in [-0.2, -0.15) is 0 Å². The third kappa shape index (κ3) is 3.82. The largest absolute Gasteiger partial charge is 0.369 e. The fraction of sp³-hybridized carbons (Fsp3) is 0.238. The van der Waals surface area contributed by atoms with Crippen LogP contribution in [0.2, 0.25) is 10.0 Å². The monoisotopic (exact) mass is 421 g/mol. The van der Waals surface area contributed by atoms with Gasteiger partial charge in [-0.25, -0.2) is 8.78 Å². The van der Waals surface area contributed by atoms with Crippen LogP contribution in [0, 0.1) is 0 Å². The van der Waals surface area contributed by atoms with Crippen molar-refractivity contribution in [1.82, 2.24) is 10.3 Å². The van der Waals surface area contributed by atoms with Gasteiger partial charge in [0.05, 0.1) is 28.6 Å². The lowest BCUT2D eigenvalue weighted by atomic mass is 10.00. The van der Waals surface area contributed by atoms with Gasteiger partial charge in [0, 0.05) is 35.8 Å². The maximum atomic E-state index is 13.5. The molecule has 4 rings (SSSR count). The maximum Gasteiger partial charge on any atom is 0.262 e. The predicted octanol–water partition coefficient (Wildman–Crippen LogP) is 5.93. The summed E-state index contributed by atoms with van der Waals surface area (Å²) in [6, 6.07) is 15.1. The van der Waals surface area contributed by atoms with Crippen molar-refractivity contribution in [2.24, 2.45) is 0 Å². The zero-order chi connectivity index (χ0) is 19.9. The molecule has 3 nitrogen and oxygen atoms in total. The van der Waals surface area contributed by atoms with Crippen molar-refractivity contribution < 1.29 is 8.78 Å². The molecule has 1 N–H and O–H groups in total. The van der Waals surface area contributed by atoms with E-state index in [0.717, 1.165) is 35.1 Å². The molecule has 0 saturated heterocycles. The lowest BCUT2D eigenvalue weighted by molar-refractivity contribution is -0.00361. The number of hydrogen-bond acceptors (Lipinski definition) is 3. The van der Waals surface area contributed by atoms with Crippen LogP contribution in [0.1, 0.15) is 18.9 Å². The molecule has 28 heavy (non-hydrogen) atoms. The van der Waals surface area contributed by atoms with Crippen molar-refractivity contribution in [3.05, 3.63) is 81.6 Å². The minimum absolute atomic E-state index is 0.312. The summed E-state index contributed by atoms with van der Waals surface area (Å²) in [6.07, 6.45) is 2.41. The van der Waals surface area contributed by atoms with E-state index in [1.807, 2.05) is 53.5 Å². The average molecular weight is 422 g/mol. The minimum Gasteiger partial charge on any atom is -0.369 e. The molecule has 0 bridgehead atoms. The molecule has 0 fully saturated rings.